The highest BCUT2D eigenvalue weighted by atomic mass is 15.2. The minimum Gasteiger partial charge on any atom is -0.404 e. The highest BCUT2D eigenvalue weighted by Gasteiger charge is 2.19. The minimum absolute atomic E-state index is 0.335. The molecule has 1 aliphatic rings. The van der Waals surface area contributed by atoms with Crippen LogP contribution in [0.4, 0.5) is 0 Å². The number of piperazine rings is 1. The van der Waals surface area contributed by atoms with Crippen LogP contribution in [0.5, 0.6) is 0 Å². The van der Waals surface area contributed by atoms with Crippen LogP contribution in [0.15, 0.2) is 67.4 Å². The van der Waals surface area contributed by atoms with Crippen molar-refractivity contribution in [3.8, 4) is 0 Å². The monoisotopic (exact) mass is 521 g/mol. The lowest BCUT2D eigenvalue weighted by atomic mass is 9.86. The number of hydrogen-bond donors (Lipinski definition) is 4. The number of fused-ring (bicyclic) bond motifs is 1. The van der Waals surface area contributed by atoms with Gasteiger partial charge in [-0.05, 0) is 62.8 Å². The third-order valence-corrected chi connectivity index (χ3v) is 6.83. The molecule has 3 rings (SSSR count). The van der Waals surface area contributed by atoms with E-state index in [1.807, 2.05) is 39.2 Å². The molecule has 210 valence electrons. The Kier molecular flexibility index (Phi) is 14.2. The molecule has 1 saturated heterocycles. The zero-order chi connectivity index (χ0) is 28.8. The topological polar surface area (TPSA) is 99.2 Å². The zero-order valence-electron chi connectivity index (χ0n) is 24.9. The number of nitrogens with one attached hydrogen (secondary N) is 2. The molecule has 38 heavy (non-hydrogen) atoms. The average molecular weight is 522 g/mol. The van der Waals surface area contributed by atoms with Crippen molar-refractivity contribution in [3.63, 3.8) is 0 Å². The predicted molar refractivity (Wildman–Crippen MR) is 167 cm³/mol. The number of hydrogen-bond acceptors (Lipinski definition) is 6. The molecule has 2 aromatic heterocycles. The van der Waals surface area contributed by atoms with Crippen LogP contribution in [-0.2, 0) is 0 Å². The van der Waals surface area contributed by atoms with Crippen LogP contribution in [0.25, 0.3) is 22.3 Å². The van der Waals surface area contributed by atoms with Crippen LogP contribution in [0.1, 0.15) is 52.7 Å². The maximum atomic E-state index is 6.04. The lowest BCUT2D eigenvalue weighted by molar-refractivity contribution is 0.190. The van der Waals surface area contributed by atoms with Crippen molar-refractivity contribution in [2.45, 2.75) is 41.5 Å². The summed E-state index contributed by atoms with van der Waals surface area (Å²) in [5.41, 5.74) is 17.3. The Morgan fingerprint density at radius 1 is 1.11 bits per heavy atom. The lowest BCUT2D eigenvalue weighted by Crippen LogP contribution is -2.43. The van der Waals surface area contributed by atoms with E-state index in [2.05, 4.69) is 90.0 Å². The molecule has 2 aromatic rings. The highest BCUT2D eigenvalue weighted by molar-refractivity contribution is 5.92. The Bertz CT molecular complexity index is 1110. The fourth-order valence-corrected chi connectivity index (χ4v) is 4.09. The van der Waals surface area contributed by atoms with E-state index in [1.54, 1.807) is 6.20 Å². The molecule has 1 fully saturated rings. The number of nitrogens with zero attached hydrogens (tertiary/aromatic N) is 3. The summed E-state index contributed by atoms with van der Waals surface area (Å²) >= 11 is 0. The smallest absolute Gasteiger partial charge is 0.137 e. The molecule has 0 aromatic carbocycles. The van der Waals surface area contributed by atoms with Crippen molar-refractivity contribution in [1.29, 1.82) is 0 Å². The van der Waals surface area contributed by atoms with Crippen LogP contribution in [-0.4, -0.2) is 60.0 Å². The van der Waals surface area contributed by atoms with Gasteiger partial charge in [0, 0.05) is 72.2 Å². The highest BCUT2D eigenvalue weighted by Crippen LogP contribution is 2.33. The number of H-pyrrole nitrogens is 1. The molecule has 0 radical (unpaired) electrons. The summed E-state index contributed by atoms with van der Waals surface area (Å²) in [6.45, 7) is 25.3. The first-order chi connectivity index (χ1) is 18.2. The number of rotatable bonds is 9. The van der Waals surface area contributed by atoms with Gasteiger partial charge < -0.3 is 31.6 Å². The van der Waals surface area contributed by atoms with Crippen LogP contribution >= 0.6 is 0 Å². The second kappa shape index (κ2) is 16.5. The SMILES string of the molecule is C=C(NC(/C=C\C(=C)N1CCN(C)CC1)=C/C)c1cnc2[nH]cc(/C(=C/N)C(C)C(C)C)c2c1.CC.CN. The first-order valence-electron chi connectivity index (χ1n) is 13.6. The third-order valence-electron chi connectivity index (χ3n) is 6.83. The Hall–Kier alpha value is -3.29. The molecular formula is C31H51N7. The number of pyridine rings is 1. The van der Waals surface area contributed by atoms with E-state index in [9.17, 15) is 0 Å². The number of likely N-dealkylation sites (N-methyl/N-ethyl adjacent to an activating group) is 1. The Balaban J connectivity index is 0.00000172. The summed E-state index contributed by atoms with van der Waals surface area (Å²) in [7, 11) is 3.66. The second-order valence-corrected chi connectivity index (χ2v) is 9.44. The van der Waals surface area contributed by atoms with Crippen LogP contribution < -0.4 is 16.8 Å². The van der Waals surface area contributed by atoms with Gasteiger partial charge in [-0.25, -0.2) is 4.98 Å². The van der Waals surface area contributed by atoms with Gasteiger partial charge in [-0.1, -0.05) is 53.9 Å². The van der Waals surface area contributed by atoms with Crippen LogP contribution in [0, 0.1) is 11.8 Å². The molecule has 1 unspecified atom stereocenters. The van der Waals surface area contributed by atoms with Gasteiger partial charge in [0.2, 0.25) is 0 Å². The van der Waals surface area contributed by atoms with E-state index in [0.29, 0.717) is 11.8 Å². The Morgan fingerprint density at radius 2 is 1.74 bits per heavy atom. The van der Waals surface area contributed by atoms with Crippen molar-refractivity contribution in [2.75, 3.05) is 40.3 Å². The summed E-state index contributed by atoms with van der Waals surface area (Å²) in [5.74, 6) is 0.819. The average Bonchev–Trinajstić information content (AvgIpc) is 3.36. The van der Waals surface area contributed by atoms with Gasteiger partial charge in [-0.15, -0.1) is 0 Å². The van der Waals surface area contributed by atoms with Gasteiger partial charge in [0.15, 0.2) is 0 Å². The maximum Gasteiger partial charge on any atom is 0.137 e. The largest absolute Gasteiger partial charge is 0.404 e. The molecule has 1 aliphatic heterocycles. The van der Waals surface area contributed by atoms with E-state index >= 15 is 0 Å². The Labute approximate surface area is 231 Å². The van der Waals surface area contributed by atoms with Gasteiger partial charge in [-0.3, -0.25) is 0 Å². The van der Waals surface area contributed by atoms with E-state index in [4.69, 9.17) is 5.73 Å². The zero-order valence-corrected chi connectivity index (χ0v) is 24.9. The molecule has 7 nitrogen and oxygen atoms in total. The maximum absolute atomic E-state index is 6.04. The first kappa shape index (κ1) is 32.7. The number of allylic oxidation sites excluding steroid dienone is 4. The molecule has 7 heteroatoms. The van der Waals surface area contributed by atoms with Crippen molar-refractivity contribution < 1.29 is 0 Å². The number of aromatic nitrogens is 2. The molecule has 3 heterocycles. The summed E-state index contributed by atoms with van der Waals surface area (Å²) in [5, 5.41) is 4.48. The van der Waals surface area contributed by atoms with Gasteiger partial charge in [-0.2, -0.15) is 0 Å². The molecule has 0 amide bonds. The Morgan fingerprint density at radius 3 is 2.29 bits per heavy atom. The van der Waals surface area contributed by atoms with Crippen LogP contribution in [0.2, 0.25) is 0 Å². The summed E-state index contributed by atoms with van der Waals surface area (Å²) in [4.78, 5) is 12.6. The van der Waals surface area contributed by atoms with Crippen molar-refractivity contribution in [3.05, 3.63) is 78.6 Å². The summed E-state index contributed by atoms with van der Waals surface area (Å²) in [6, 6.07) is 2.13. The first-order valence-corrected chi connectivity index (χ1v) is 13.6. The molecule has 0 saturated carbocycles. The molecule has 6 N–H and O–H groups in total. The predicted octanol–water partition coefficient (Wildman–Crippen LogP) is 5.54. The standard InChI is InChI=1S/C28H40N6.C2H6.CH5N/c1-8-24(10-9-20(4)34-13-11-33(7)12-14-34)32-22(6)23-15-25-27(18-31-28(25)30-17-23)26(16-29)21(5)19(2)3;2*1-2/h8-10,15-19,21,32H,4,6,11-14,29H2,1-3,5,7H3,(H,30,31);1-2H3;2H2,1H3/b10-9-,24-8+,26-16+;;. The van der Waals surface area contributed by atoms with Gasteiger partial charge in [0.25, 0.3) is 0 Å². The van der Waals surface area contributed by atoms with Crippen LogP contribution in [0.3, 0.4) is 0 Å². The van der Waals surface area contributed by atoms with E-state index in [-0.39, 0.29) is 0 Å². The fourth-order valence-electron chi connectivity index (χ4n) is 4.09. The van der Waals surface area contributed by atoms with E-state index in [0.717, 1.165) is 71.0 Å². The van der Waals surface area contributed by atoms with Gasteiger partial charge in [0.1, 0.15) is 5.65 Å². The van der Waals surface area contributed by atoms with E-state index in [1.165, 1.54) is 7.05 Å². The molecular weight excluding hydrogens is 470 g/mol. The summed E-state index contributed by atoms with van der Waals surface area (Å²) < 4.78 is 0. The number of nitrogens with two attached hydrogens (primary N) is 2. The van der Waals surface area contributed by atoms with E-state index < -0.39 is 0 Å². The molecule has 0 bridgehead atoms. The minimum atomic E-state index is 0.335. The normalized spacial score (nSPS) is 15.6. The number of aromatic amines is 1. The fraction of sp³-hybridized carbons (Fsp3) is 0.452. The van der Waals surface area contributed by atoms with Gasteiger partial charge in [0.05, 0.1) is 0 Å². The molecule has 0 spiro atoms. The van der Waals surface area contributed by atoms with Crippen molar-refractivity contribution in [1.82, 2.24) is 25.1 Å². The second-order valence-electron chi connectivity index (χ2n) is 9.44. The quantitative estimate of drug-likeness (QED) is 0.324. The van der Waals surface area contributed by atoms with Gasteiger partial charge >= 0.3 is 0 Å². The molecule has 1 atom stereocenters. The third kappa shape index (κ3) is 8.64. The van der Waals surface area contributed by atoms with Crippen molar-refractivity contribution in [2.24, 2.45) is 23.3 Å². The molecule has 0 aliphatic carbocycles. The lowest BCUT2D eigenvalue weighted by Gasteiger charge is -2.34. The van der Waals surface area contributed by atoms with Crippen molar-refractivity contribution >= 4 is 22.3 Å². The summed E-state index contributed by atoms with van der Waals surface area (Å²) in [6.07, 6.45) is 11.7.